The lowest BCUT2D eigenvalue weighted by Gasteiger charge is -2.35. The molecule has 1 saturated heterocycles. The molecule has 1 aliphatic rings. The van der Waals surface area contributed by atoms with Crippen molar-refractivity contribution in [3.8, 4) is 0 Å². The molecule has 1 rings (SSSR count). The van der Waals surface area contributed by atoms with Crippen molar-refractivity contribution in [3.05, 3.63) is 12.0 Å². The zero-order chi connectivity index (χ0) is 10.8. The van der Waals surface area contributed by atoms with Crippen LogP contribution in [0.5, 0.6) is 0 Å². The van der Waals surface area contributed by atoms with Crippen LogP contribution in [0, 0.1) is 0 Å². The van der Waals surface area contributed by atoms with Crippen molar-refractivity contribution >= 4 is 0 Å². The van der Waals surface area contributed by atoms with Gasteiger partial charge in [0.15, 0.2) is 0 Å². The third kappa shape index (κ3) is 2.60. The molecule has 1 heterocycles. The van der Waals surface area contributed by atoms with Gasteiger partial charge in [0.05, 0.1) is 0 Å². The molecule has 6 heteroatoms. The number of likely N-dealkylation sites (N-methyl/N-ethyl adjacent to an activating group) is 1. The molecule has 0 N–H and O–H groups in total. The minimum Gasteiger partial charge on any atom is -0.363 e. The zero-order valence-electron chi connectivity index (χ0n) is 7.81. The predicted molar refractivity (Wildman–Crippen MR) is 44.3 cm³/mol. The number of halogens is 4. The molecule has 0 radical (unpaired) electrons. The first-order chi connectivity index (χ1) is 6.45. The Hall–Kier alpha value is -0.780. The fourth-order valence-corrected chi connectivity index (χ4v) is 1.36. The molecule has 0 aliphatic carbocycles. The van der Waals surface area contributed by atoms with E-state index in [4.69, 9.17) is 0 Å². The molecule has 0 amide bonds. The largest absolute Gasteiger partial charge is 0.433 e. The lowest BCUT2D eigenvalue weighted by molar-refractivity contribution is -0.115. The first kappa shape index (κ1) is 11.3. The smallest absolute Gasteiger partial charge is 0.363 e. The maximum atomic E-state index is 12.2. The molecule has 14 heavy (non-hydrogen) atoms. The molecule has 2 nitrogen and oxygen atoms in total. The van der Waals surface area contributed by atoms with Crippen LogP contribution in [0.15, 0.2) is 12.0 Å². The predicted octanol–water partition coefficient (Wildman–Crippen LogP) is 1.61. The summed E-state index contributed by atoms with van der Waals surface area (Å²) in [6, 6.07) is 0. The van der Waals surface area contributed by atoms with Gasteiger partial charge < -0.3 is 9.80 Å². The molecular formula is C8H12F4N2. The van der Waals surface area contributed by atoms with Gasteiger partial charge >= 0.3 is 6.18 Å². The Bertz CT molecular complexity index is 216. The van der Waals surface area contributed by atoms with E-state index in [2.05, 4.69) is 0 Å². The molecule has 0 bridgehead atoms. The van der Waals surface area contributed by atoms with Crippen LogP contribution >= 0.6 is 0 Å². The van der Waals surface area contributed by atoms with Crippen molar-refractivity contribution in [3.63, 3.8) is 0 Å². The highest BCUT2D eigenvalue weighted by Gasteiger charge is 2.38. The van der Waals surface area contributed by atoms with Gasteiger partial charge in [0.25, 0.3) is 0 Å². The minimum absolute atomic E-state index is 0.214. The second-order valence-electron chi connectivity index (χ2n) is 3.28. The van der Waals surface area contributed by atoms with Gasteiger partial charge in [0.2, 0.25) is 0 Å². The van der Waals surface area contributed by atoms with Crippen molar-refractivity contribution in [2.24, 2.45) is 0 Å². The Morgan fingerprint density at radius 1 is 1.14 bits per heavy atom. The molecule has 0 spiro atoms. The van der Waals surface area contributed by atoms with Crippen LogP contribution in [0.1, 0.15) is 0 Å². The Kier molecular flexibility index (Phi) is 3.36. The number of hydrogen-bond acceptors (Lipinski definition) is 2. The Morgan fingerprint density at radius 2 is 1.64 bits per heavy atom. The van der Waals surface area contributed by atoms with Crippen LogP contribution in [-0.2, 0) is 0 Å². The summed E-state index contributed by atoms with van der Waals surface area (Å²) in [5, 5.41) is 0. The first-order valence-corrected chi connectivity index (χ1v) is 4.26. The van der Waals surface area contributed by atoms with Crippen molar-refractivity contribution in [1.82, 2.24) is 9.80 Å². The molecule has 0 aromatic heterocycles. The van der Waals surface area contributed by atoms with Gasteiger partial charge in [-0.2, -0.15) is 13.2 Å². The molecule has 82 valence electrons. The van der Waals surface area contributed by atoms with Gasteiger partial charge in [0, 0.05) is 26.2 Å². The summed E-state index contributed by atoms with van der Waals surface area (Å²) in [7, 11) is 1.82. The van der Waals surface area contributed by atoms with E-state index in [0.29, 0.717) is 13.1 Å². The topological polar surface area (TPSA) is 6.48 Å². The van der Waals surface area contributed by atoms with Gasteiger partial charge in [0.1, 0.15) is 12.0 Å². The summed E-state index contributed by atoms with van der Waals surface area (Å²) in [6.07, 6.45) is -4.95. The minimum atomic E-state index is -4.59. The highest BCUT2D eigenvalue weighted by molar-refractivity contribution is 5.05. The highest BCUT2D eigenvalue weighted by atomic mass is 19.4. The molecule has 0 atom stereocenters. The van der Waals surface area contributed by atoms with E-state index < -0.39 is 11.9 Å². The maximum absolute atomic E-state index is 12.2. The second-order valence-corrected chi connectivity index (χ2v) is 3.28. The second kappa shape index (κ2) is 4.16. The third-order valence-electron chi connectivity index (χ3n) is 2.24. The van der Waals surface area contributed by atoms with Crippen LogP contribution in [-0.4, -0.2) is 49.2 Å². The summed E-state index contributed by atoms with van der Waals surface area (Å²) in [5.41, 5.74) is -1.18. The number of piperazine rings is 1. The summed E-state index contributed by atoms with van der Waals surface area (Å²) in [5.74, 6) is 0. The maximum Gasteiger partial charge on any atom is 0.433 e. The third-order valence-corrected chi connectivity index (χ3v) is 2.24. The highest BCUT2D eigenvalue weighted by Crippen LogP contribution is 2.29. The molecule has 0 aromatic rings. The number of alkyl halides is 3. The number of allylic oxidation sites excluding steroid dienone is 1. The normalized spacial score (nSPS) is 21.5. The molecular weight excluding hydrogens is 200 g/mol. The van der Waals surface area contributed by atoms with Crippen molar-refractivity contribution < 1.29 is 17.6 Å². The summed E-state index contributed by atoms with van der Waals surface area (Å²) in [4.78, 5) is 2.93. The van der Waals surface area contributed by atoms with E-state index in [9.17, 15) is 17.6 Å². The summed E-state index contributed by atoms with van der Waals surface area (Å²) in [6.45, 7) is 1.47. The summed E-state index contributed by atoms with van der Waals surface area (Å²) < 4.78 is 48.8. The molecule has 1 fully saturated rings. The standard InChI is InChI=1S/C8H12F4N2/c1-13-2-4-14(5-3-13)7(6-9)8(10,11)12/h6H,2-5H2,1H3/b7-6-. The van der Waals surface area contributed by atoms with Crippen LogP contribution in [0.4, 0.5) is 17.6 Å². The Balaban J connectivity index is 2.64. The Labute approximate surface area is 79.8 Å². The fourth-order valence-electron chi connectivity index (χ4n) is 1.36. The average molecular weight is 212 g/mol. The van der Waals surface area contributed by atoms with Gasteiger partial charge in [-0.1, -0.05) is 0 Å². The lowest BCUT2D eigenvalue weighted by Crippen LogP contribution is -2.46. The molecule has 0 saturated carbocycles. The van der Waals surface area contributed by atoms with Crippen LogP contribution < -0.4 is 0 Å². The van der Waals surface area contributed by atoms with E-state index >= 15 is 0 Å². The monoisotopic (exact) mass is 212 g/mol. The fraction of sp³-hybridized carbons (Fsp3) is 0.750. The van der Waals surface area contributed by atoms with E-state index in [1.165, 1.54) is 0 Å². The quantitative estimate of drug-likeness (QED) is 0.609. The van der Waals surface area contributed by atoms with Crippen LogP contribution in [0.2, 0.25) is 0 Å². The van der Waals surface area contributed by atoms with E-state index in [1.54, 1.807) is 0 Å². The van der Waals surface area contributed by atoms with Crippen LogP contribution in [0.25, 0.3) is 0 Å². The zero-order valence-corrected chi connectivity index (χ0v) is 7.81. The number of hydrogen-bond donors (Lipinski definition) is 0. The van der Waals surface area contributed by atoms with E-state index in [-0.39, 0.29) is 19.4 Å². The van der Waals surface area contributed by atoms with Gasteiger partial charge in [-0.15, -0.1) is 0 Å². The van der Waals surface area contributed by atoms with Gasteiger partial charge in [-0.25, -0.2) is 4.39 Å². The number of nitrogens with zero attached hydrogens (tertiary/aromatic N) is 2. The summed E-state index contributed by atoms with van der Waals surface area (Å²) >= 11 is 0. The SMILES string of the molecule is CN1CCN(/C(=C\F)C(F)(F)F)CC1. The van der Waals surface area contributed by atoms with E-state index in [1.807, 2.05) is 11.9 Å². The van der Waals surface area contributed by atoms with E-state index in [0.717, 1.165) is 4.90 Å². The Morgan fingerprint density at radius 3 is 2.00 bits per heavy atom. The molecule has 1 aliphatic heterocycles. The van der Waals surface area contributed by atoms with Crippen molar-refractivity contribution in [1.29, 1.82) is 0 Å². The van der Waals surface area contributed by atoms with Gasteiger partial charge in [-0.05, 0) is 7.05 Å². The van der Waals surface area contributed by atoms with Crippen LogP contribution in [0.3, 0.4) is 0 Å². The lowest BCUT2D eigenvalue weighted by atomic mass is 10.3. The van der Waals surface area contributed by atoms with Crippen molar-refractivity contribution in [2.45, 2.75) is 6.18 Å². The first-order valence-electron chi connectivity index (χ1n) is 4.26. The average Bonchev–Trinajstić information content (AvgIpc) is 2.07. The molecule has 0 unspecified atom stereocenters. The number of rotatable bonds is 1. The molecule has 0 aromatic carbocycles. The van der Waals surface area contributed by atoms with Crippen molar-refractivity contribution in [2.75, 3.05) is 33.2 Å². The van der Waals surface area contributed by atoms with Gasteiger partial charge in [-0.3, -0.25) is 0 Å².